The summed E-state index contributed by atoms with van der Waals surface area (Å²) in [5, 5.41) is 6.73. The van der Waals surface area contributed by atoms with Gasteiger partial charge in [0.1, 0.15) is 11.5 Å². The molecule has 1 atom stereocenters. The van der Waals surface area contributed by atoms with Crippen molar-refractivity contribution in [2.75, 3.05) is 41.3 Å². The van der Waals surface area contributed by atoms with Gasteiger partial charge in [0.15, 0.2) is 5.96 Å². The van der Waals surface area contributed by atoms with Gasteiger partial charge in [0.05, 0.1) is 19.4 Å². The minimum absolute atomic E-state index is 0.139. The summed E-state index contributed by atoms with van der Waals surface area (Å²) in [6, 6.07) is 10.3. The van der Waals surface area contributed by atoms with Crippen LogP contribution in [0.4, 0.5) is 0 Å². The van der Waals surface area contributed by atoms with Gasteiger partial charge in [0.25, 0.3) is 0 Å². The van der Waals surface area contributed by atoms with Crippen LogP contribution in [0.5, 0.6) is 5.75 Å². The van der Waals surface area contributed by atoms with Crippen LogP contribution in [0.1, 0.15) is 22.9 Å². The van der Waals surface area contributed by atoms with Gasteiger partial charge in [-0.25, -0.2) is 0 Å². The largest absolute Gasteiger partial charge is 0.496 e. The topological polar surface area (TPSA) is 62.0 Å². The predicted molar refractivity (Wildman–Crippen MR) is 106 cm³/mol. The standard InChI is InChI=1S/C20H30N4O2/c1-15-8-9-18(25-5)16(13-15)10-11-22-20(21-2)23-14-17(24(3)4)19-7-6-12-26-19/h6-9,12-13,17H,10-11,14H2,1-5H3,(H2,21,22,23). The van der Waals surface area contributed by atoms with Gasteiger partial charge >= 0.3 is 0 Å². The van der Waals surface area contributed by atoms with Crippen LogP contribution in [-0.2, 0) is 6.42 Å². The molecule has 6 nitrogen and oxygen atoms in total. The van der Waals surface area contributed by atoms with Gasteiger partial charge < -0.3 is 19.8 Å². The molecule has 142 valence electrons. The van der Waals surface area contributed by atoms with Crippen molar-refractivity contribution in [2.24, 2.45) is 4.99 Å². The Morgan fingerprint density at radius 2 is 2.08 bits per heavy atom. The number of benzene rings is 1. The molecule has 6 heteroatoms. The van der Waals surface area contributed by atoms with E-state index in [9.17, 15) is 0 Å². The lowest BCUT2D eigenvalue weighted by Gasteiger charge is -2.23. The Labute approximate surface area is 156 Å². The quantitative estimate of drug-likeness (QED) is 0.561. The van der Waals surface area contributed by atoms with Crippen LogP contribution in [0.15, 0.2) is 46.0 Å². The van der Waals surface area contributed by atoms with Gasteiger partial charge in [-0.1, -0.05) is 17.7 Å². The number of furan rings is 1. The van der Waals surface area contributed by atoms with E-state index in [4.69, 9.17) is 9.15 Å². The zero-order valence-corrected chi connectivity index (χ0v) is 16.4. The molecule has 1 heterocycles. The number of likely N-dealkylation sites (N-methyl/N-ethyl adjacent to an activating group) is 1. The number of rotatable bonds is 8. The second-order valence-electron chi connectivity index (χ2n) is 6.44. The third-order valence-electron chi connectivity index (χ3n) is 4.30. The van der Waals surface area contributed by atoms with E-state index in [0.717, 1.165) is 30.4 Å². The van der Waals surface area contributed by atoms with E-state index in [1.54, 1.807) is 20.4 Å². The van der Waals surface area contributed by atoms with Crippen LogP contribution in [0.2, 0.25) is 0 Å². The van der Waals surface area contributed by atoms with E-state index in [0.29, 0.717) is 6.54 Å². The first-order chi connectivity index (χ1) is 12.5. The molecule has 0 radical (unpaired) electrons. The molecule has 26 heavy (non-hydrogen) atoms. The maximum Gasteiger partial charge on any atom is 0.191 e. The third kappa shape index (κ3) is 5.52. The molecular formula is C20H30N4O2. The summed E-state index contributed by atoms with van der Waals surface area (Å²) >= 11 is 0. The molecule has 1 aromatic heterocycles. The van der Waals surface area contributed by atoms with Crippen molar-refractivity contribution < 1.29 is 9.15 Å². The smallest absolute Gasteiger partial charge is 0.191 e. The van der Waals surface area contributed by atoms with Crippen LogP contribution in [0, 0.1) is 6.92 Å². The predicted octanol–water partition coefficient (Wildman–Crippen LogP) is 2.61. The maximum absolute atomic E-state index is 5.54. The number of hydrogen-bond donors (Lipinski definition) is 2. The normalized spacial score (nSPS) is 12.9. The molecule has 0 aliphatic rings. The lowest BCUT2D eigenvalue weighted by molar-refractivity contribution is 0.258. The molecule has 0 aliphatic carbocycles. The summed E-state index contributed by atoms with van der Waals surface area (Å²) in [5.41, 5.74) is 2.42. The Bertz CT molecular complexity index is 696. The fourth-order valence-electron chi connectivity index (χ4n) is 2.85. The molecule has 2 aromatic rings. The highest BCUT2D eigenvalue weighted by molar-refractivity contribution is 5.79. The van der Waals surface area contributed by atoms with E-state index in [1.807, 2.05) is 32.3 Å². The Balaban J connectivity index is 1.87. The minimum atomic E-state index is 0.139. The maximum atomic E-state index is 5.54. The van der Waals surface area contributed by atoms with Crippen molar-refractivity contribution in [2.45, 2.75) is 19.4 Å². The highest BCUT2D eigenvalue weighted by Crippen LogP contribution is 2.20. The lowest BCUT2D eigenvalue weighted by atomic mass is 10.1. The molecular weight excluding hydrogens is 328 g/mol. The van der Waals surface area contributed by atoms with Gasteiger partial charge in [0, 0.05) is 20.1 Å². The monoisotopic (exact) mass is 358 g/mol. The molecule has 0 saturated carbocycles. The fraction of sp³-hybridized carbons (Fsp3) is 0.450. The number of guanidine groups is 1. The van der Waals surface area contributed by atoms with E-state index >= 15 is 0 Å². The first-order valence-corrected chi connectivity index (χ1v) is 8.83. The Morgan fingerprint density at radius 3 is 2.69 bits per heavy atom. The molecule has 2 N–H and O–H groups in total. The zero-order chi connectivity index (χ0) is 18.9. The minimum Gasteiger partial charge on any atom is -0.496 e. The summed E-state index contributed by atoms with van der Waals surface area (Å²) < 4.78 is 11.0. The van der Waals surface area contributed by atoms with Gasteiger partial charge in [-0.3, -0.25) is 9.89 Å². The van der Waals surface area contributed by atoms with Crippen molar-refractivity contribution in [1.82, 2.24) is 15.5 Å². The van der Waals surface area contributed by atoms with Crippen LogP contribution < -0.4 is 15.4 Å². The van der Waals surface area contributed by atoms with E-state index in [-0.39, 0.29) is 6.04 Å². The van der Waals surface area contributed by atoms with Gasteiger partial charge in [-0.15, -0.1) is 0 Å². The Kier molecular flexibility index (Phi) is 7.53. The number of aliphatic imine (C=N–C) groups is 1. The summed E-state index contributed by atoms with van der Waals surface area (Å²) in [7, 11) is 7.56. The van der Waals surface area contributed by atoms with Crippen molar-refractivity contribution in [3.05, 3.63) is 53.5 Å². The van der Waals surface area contributed by atoms with Gasteiger partial charge in [-0.05, 0) is 51.2 Å². The van der Waals surface area contributed by atoms with E-state index in [2.05, 4.69) is 39.6 Å². The number of nitrogens with one attached hydrogen (secondary N) is 2. The molecule has 0 saturated heterocycles. The van der Waals surface area contributed by atoms with Crippen molar-refractivity contribution >= 4 is 5.96 Å². The van der Waals surface area contributed by atoms with Crippen LogP contribution >= 0.6 is 0 Å². The van der Waals surface area contributed by atoms with Crippen molar-refractivity contribution in [3.63, 3.8) is 0 Å². The van der Waals surface area contributed by atoms with Crippen LogP contribution in [0.3, 0.4) is 0 Å². The summed E-state index contributed by atoms with van der Waals surface area (Å²) in [4.78, 5) is 6.43. The van der Waals surface area contributed by atoms with Crippen LogP contribution in [0.25, 0.3) is 0 Å². The Hall–Kier alpha value is -2.47. The second-order valence-corrected chi connectivity index (χ2v) is 6.44. The highest BCUT2D eigenvalue weighted by atomic mass is 16.5. The van der Waals surface area contributed by atoms with Gasteiger partial charge in [-0.2, -0.15) is 0 Å². The SMILES string of the molecule is CN=C(NCCc1cc(C)ccc1OC)NCC(c1ccco1)N(C)C. The molecule has 1 aromatic carbocycles. The molecule has 0 aliphatic heterocycles. The average Bonchev–Trinajstić information content (AvgIpc) is 3.14. The molecule has 0 bridgehead atoms. The average molecular weight is 358 g/mol. The number of nitrogens with zero attached hydrogens (tertiary/aromatic N) is 2. The first kappa shape index (κ1) is 19.8. The summed E-state index contributed by atoms with van der Waals surface area (Å²) in [6.45, 7) is 3.56. The van der Waals surface area contributed by atoms with Gasteiger partial charge in [0.2, 0.25) is 0 Å². The van der Waals surface area contributed by atoms with Crippen molar-refractivity contribution in [3.8, 4) is 5.75 Å². The first-order valence-electron chi connectivity index (χ1n) is 8.83. The summed E-state index contributed by atoms with van der Waals surface area (Å²) in [6.07, 6.45) is 2.56. The van der Waals surface area contributed by atoms with Crippen LogP contribution in [-0.4, -0.2) is 52.2 Å². The molecule has 1 unspecified atom stereocenters. The zero-order valence-electron chi connectivity index (χ0n) is 16.4. The number of hydrogen-bond acceptors (Lipinski definition) is 4. The van der Waals surface area contributed by atoms with E-state index in [1.165, 1.54) is 11.1 Å². The van der Waals surface area contributed by atoms with E-state index < -0.39 is 0 Å². The second kappa shape index (κ2) is 9.87. The number of aryl methyl sites for hydroxylation is 1. The molecule has 0 amide bonds. The van der Waals surface area contributed by atoms with Crippen molar-refractivity contribution in [1.29, 1.82) is 0 Å². The number of ether oxygens (including phenoxy) is 1. The highest BCUT2D eigenvalue weighted by Gasteiger charge is 2.17. The lowest BCUT2D eigenvalue weighted by Crippen LogP contribution is -2.42. The third-order valence-corrected chi connectivity index (χ3v) is 4.30. The molecule has 2 rings (SSSR count). The summed E-state index contributed by atoms with van der Waals surface area (Å²) in [5.74, 6) is 2.63. The molecule has 0 spiro atoms. The fourth-order valence-corrected chi connectivity index (χ4v) is 2.85. The Morgan fingerprint density at radius 1 is 1.27 bits per heavy atom. The molecule has 0 fully saturated rings. The number of methoxy groups -OCH3 is 1.